The summed E-state index contributed by atoms with van der Waals surface area (Å²) >= 11 is 1.19. The van der Waals surface area contributed by atoms with E-state index < -0.39 is 23.4 Å². The molecule has 30 heavy (non-hydrogen) atoms. The number of aromatic nitrogens is 6. The fraction of sp³-hybridized carbons (Fsp3) is 0.222. The van der Waals surface area contributed by atoms with Crippen molar-refractivity contribution in [2.75, 3.05) is 5.32 Å². The maximum absolute atomic E-state index is 12.9. The van der Waals surface area contributed by atoms with Gasteiger partial charge in [0.2, 0.25) is 5.91 Å². The van der Waals surface area contributed by atoms with Gasteiger partial charge in [0.05, 0.1) is 11.2 Å². The summed E-state index contributed by atoms with van der Waals surface area (Å²) in [6.07, 6.45) is 3.37. The zero-order valence-corrected chi connectivity index (χ0v) is 17.0. The Kier molecular flexibility index (Phi) is 4.78. The largest absolute Gasteiger partial charge is 0.331 e. The number of hydrogen-bond acceptors (Lipinski definition) is 7. The van der Waals surface area contributed by atoms with E-state index in [9.17, 15) is 18.8 Å². The molecule has 4 heterocycles. The minimum atomic E-state index is -0.834. The van der Waals surface area contributed by atoms with Gasteiger partial charge in [-0.05, 0) is 13.0 Å². The second-order valence-electron chi connectivity index (χ2n) is 6.61. The van der Waals surface area contributed by atoms with Gasteiger partial charge in [0, 0.05) is 43.6 Å². The van der Waals surface area contributed by atoms with Crippen LogP contribution >= 0.6 is 11.3 Å². The highest BCUT2D eigenvalue weighted by Gasteiger charge is 2.21. The SMILES string of the molecule is C[C@@H](C(=O)Nc1nc(-c2cnc(F)nc2)cs1)n1ccc2c1c(=O)n(C)c(=O)n2C. The van der Waals surface area contributed by atoms with Crippen LogP contribution in [-0.4, -0.2) is 34.6 Å². The molecule has 0 saturated carbocycles. The van der Waals surface area contributed by atoms with Crippen molar-refractivity contribution in [1.82, 2.24) is 28.7 Å². The number of anilines is 1. The molecule has 4 rings (SSSR count). The van der Waals surface area contributed by atoms with Crippen LogP contribution in [-0.2, 0) is 18.9 Å². The highest BCUT2D eigenvalue weighted by molar-refractivity contribution is 7.14. The average Bonchev–Trinajstić information content (AvgIpc) is 3.38. The second-order valence-corrected chi connectivity index (χ2v) is 7.46. The van der Waals surface area contributed by atoms with Crippen LogP contribution in [0, 0.1) is 6.08 Å². The fourth-order valence-electron chi connectivity index (χ4n) is 3.07. The highest BCUT2D eigenvalue weighted by Crippen LogP contribution is 2.25. The molecule has 4 aromatic rings. The summed E-state index contributed by atoms with van der Waals surface area (Å²) in [5, 5.41) is 4.74. The molecule has 0 aliphatic rings. The number of nitrogens with one attached hydrogen (secondary N) is 1. The lowest BCUT2D eigenvalue weighted by Crippen LogP contribution is -2.38. The Morgan fingerprint density at radius 1 is 1.20 bits per heavy atom. The summed E-state index contributed by atoms with van der Waals surface area (Å²) < 4.78 is 16.8. The Balaban J connectivity index is 1.62. The van der Waals surface area contributed by atoms with Crippen LogP contribution in [0.1, 0.15) is 13.0 Å². The van der Waals surface area contributed by atoms with Gasteiger partial charge in [0.25, 0.3) is 5.56 Å². The molecule has 0 aromatic carbocycles. The van der Waals surface area contributed by atoms with E-state index in [1.165, 1.54) is 39.9 Å². The Morgan fingerprint density at radius 3 is 2.60 bits per heavy atom. The van der Waals surface area contributed by atoms with Crippen molar-refractivity contribution in [3.8, 4) is 11.3 Å². The van der Waals surface area contributed by atoms with Crippen molar-refractivity contribution in [2.45, 2.75) is 13.0 Å². The molecule has 1 amide bonds. The molecule has 12 heteroatoms. The van der Waals surface area contributed by atoms with Crippen molar-refractivity contribution in [3.05, 3.63) is 57.0 Å². The molecule has 0 aliphatic heterocycles. The van der Waals surface area contributed by atoms with Crippen molar-refractivity contribution < 1.29 is 9.18 Å². The molecule has 10 nitrogen and oxygen atoms in total. The average molecular weight is 429 g/mol. The molecule has 0 aliphatic carbocycles. The van der Waals surface area contributed by atoms with Crippen LogP contribution in [0.25, 0.3) is 22.3 Å². The number of thiazole rings is 1. The highest BCUT2D eigenvalue weighted by atomic mass is 32.1. The number of rotatable bonds is 4. The van der Waals surface area contributed by atoms with Gasteiger partial charge in [0.1, 0.15) is 11.6 Å². The molecule has 0 unspecified atom stereocenters. The van der Waals surface area contributed by atoms with E-state index in [4.69, 9.17) is 0 Å². The lowest BCUT2D eigenvalue weighted by molar-refractivity contribution is -0.118. The Labute approximate surface area is 172 Å². The summed E-state index contributed by atoms with van der Waals surface area (Å²) in [4.78, 5) is 48.7. The zero-order chi connectivity index (χ0) is 21.6. The van der Waals surface area contributed by atoms with E-state index in [1.54, 1.807) is 31.6 Å². The van der Waals surface area contributed by atoms with Gasteiger partial charge in [0.15, 0.2) is 5.13 Å². The molecule has 1 atom stereocenters. The van der Waals surface area contributed by atoms with E-state index >= 15 is 0 Å². The molecular weight excluding hydrogens is 413 g/mol. The van der Waals surface area contributed by atoms with Crippen LogP contribution in [0.4, 0.5) is 9.52 Å². The number of fused-ring (bicyclic) bond motifs is 1. The third kappa shape index (κ3) is 3.20. The molecule has 0 radical (unpaired) electrons. The Bertz CT molecular complexity index is 1380. The summed E-state index contributed by atoms with van der Waals surface area (Å²) in [6, 6.07) is 0.881. The predicted octanol–water partition coefficient (Wildman–Crippen LogP) is 1.29. The van der Waals surface area contributed by atoms with Gasteiger partial charge in [-0.3, -0.25) is 18.7 Å². The molecule has 154 valence electrons. The standard InChI is InChI=1S/C18H16FN7O3S/c1-9(26-5-4-12-13(26)15(28)25(3)18(29)24(12)2)14(27)23-17-22-11(8-30-17)10-6-20-16(19)21-7-10/h4-9H,1-3H3,(H,22,23,27)/t9-/m0/s1. The van der Waals surface area contributed by atoms with Gasteiger partial charge in [-0.25, -0.2) is 19.7 Å². The lowest BCUT2D eigenvalue weighted by atomic mass is 10.3. The molecule has 4 aromatic heterocycles. The van der Waals surface area contributed by atoms with Crippen molar-refractivity contribution >= 4 is 33.4 Å². The number of carbonyl (C=O) groups is 1. The maximum Gasteiger partial charge on any atom is 0.331 e. The topological polar surface area (TPSA) is 117 Å². The lowest BCUT2D eigenvalue weighted by Gasteiger charge is -2.14. The fourth-order valence-corrected chi connectivity index (χ4v) is 3.79. The molecule has 0 spiro atoms. The third-order valence-corrected chi connectivity index (χ3v) is 5.54. The van der Waals surface area contributed by atoms with E-state index in [2.05, 4.69) is 20.3 Å². The van der Waals surface area contributed by atoms with Crippen LogP contribution in [0.15, 0.2) is 39.6 Å². The number of carbonyl (C=O) groups excluding carboxylic acids is 1. The predicted molar refractivity (Wildman–Crippen MR) is 109 cm³/mol. The molecular formula is C18H16FN7O3S. The monoisotopic (exact) mass is 429 g/mol. The number of hydrogen-bond donors (Lipinski definition) is 1. The zero-order valence-electron chi connectivity index (χ0n) is 16.2. The van der Waals surface area contributed by atoms with Gasteiger partial charge in [-0.2, -0.15) is 4.39 Å². The van der Waals surface area contributed by atoms with Gasteiger partial charge in [-0.15, -0.1) is 11.3 Å². The van der Waals surface area contributed by atoms with E-state index in [0.717, 1.165) is 4.57 Å². The van der Waals surface area contributed by atoms with Gasteiger partial charge >= 0.3 is 11.8 Å². The third-order valence-electron chi connectivity index (χ3n) is 4.78. The minimum absolute atomic E-state index is 0.255. The number of aryl methyl sites for hydroxylation is 1. The van der Waals surface area contributed by atoms with Crippen LogP contribution in [0.2, 0.25) is 0 Å². The van der Waals surface area contributed by atoms with Gasteiger partial charge in [-0.1, -0.05) is 0 Å². The Hall–Kier alpha value is -3.67. The van der Waals surface area contributed by atoms with E-state index in [-0.39, 0.29) is 11.4 Å². The minimum Gasteiger partial charge on any atom is -0.330 e. The van der Waals surface area contributed by atoms with Crippen molar-refractivity contribution in [1.29, 1.82) is 0 Å². The van der Waals surface area contributed by atoms with Crippen LogP contribution < -0.4 is 16.6 Å². The quantitative estimate of drug-likeness (QED) is 0.489. The summed E-state index contributed by atoms with van der Waals surface area (Å²) in [6.45, 7) is 1.64. The second kappa shape index (κ2) is 7.30. The van der Waals surface area contributed by atoms with Crippen molar-refractivity contribution in [3.63, 3.8) is 0 Å². The number of halogens is 1. The molecule has 0 saturated heterocycles. The number of nitrogens with zero attached hydrogens (tertiary/aromatic N) is 6. The molecule has 1 N–H and O–H groups in total. The van der Waals surface area contributed by atoms with E-state index in [1.807, 2.05) is 0 Å². The van der Waals surface area contributed by atoms with Crippen molar-refractivity contribution in [2.24, 2.45) is 14.1 Å². The first-order valence-corrected chi connectivity index (χ1v) is 9.66. The molecule has 0 bridgehead atoms. The summed E-state index contributed by atoms with van der Waals surface area (Å²) in [5.74, 6) is -0.389. The van der Waals surface area contributed by atoms with Crippen LogP contribution in [0.3, 0.4) is 0 Å². The summed E-state index contributed by atoms with van der Waals surface area (Å²) in [7, 11) is 2.96. The first-order chi connectivity index (χ1) is 14.3. The van der Waals surface area contributed by atoms with Gasteiger partial charge < -0.3 is 9.88 Å². The smallest absolute Gasteiger partial charge is 0.330 e. The first-order valence-electron chi connectivity index (χ1n) is 8.78. The molecule has 0 fully saturated rings. The van der Waals surface area contributed by atoms with Crippen LogP contribution in [0.5, 0.6) is 0 Å². The Morgan fingerprint density at radius 2 is 1.90 bits per heavy atom. The van der Waals surface area contributed by atoms with E-state index in [0.29, 0.717) is 21.9 Å². The first kappa shape index (κ1) is 19.6. The maximum atomic E-state index is 12.9. The summed E-state index contributed by atoms with van der Waals surface area (Å²) in [5.41, 5.74) is 0.787. The number of amides is 1. The normalized spacial score (nSPS) is 12.3.